The van der Waals surface area contributed by atoms with Crippen LogP contribution in [0.25, 0.3) is 111 Å². The van der Waals surface area contributed by atoms with Crippen molar-refractivity contribution in [2.24, 2.45) is 0 Å². The van der Waals surface area contributed by atoms with Crippen molar-refractivity contribution >= 4 is 43.6 Å². The molecule has 59 heavy (non-hydrogen) atoms. The number of aryl methyl sites for hydroxylation is 1. The second kappa shape index (κ2) is 14.3. The van der Waals surface area contributed by atoms with Crippen LogP contribution in [0.15, 0.2) is 201 Å². The van der Waals surface area contributed by atoms with Gasteiger partial charge in [-0.15, -0.1) is 0 Å². The molecule has 11 rings (SSSR count). The van der Waals surface area contributed by atoms with E-state index in [4.69, 9.17) is 19.9 Å². The molecule has 11 aromatic rings. The van der Waals surface area contributed by atoms with Crippen molar-refractivity contribution in [1.29, 1.82) is 0 Å². The quantitative estimate of drug-likeness (QED) is 0.159. The van der Waals surface area contributed by atoms with Gasteiger partial charge in [-0.1, -0.05) is 152 Å². The van der Waals surface area contributed by atoms with Gasteiger partial charge in [0.15, 0.2) is 0 Å². The Kier molecular flexibility index (Phi) is 8.34. The fourth-order valence-electron chi connectivity index (χ4n) is 8.74. The summed E-state index contributed by atoms with van der Waals surface area (Å²) in [6, 6.07) is 64.3. The summed E-state index contributed by atoms with van der Waals surface area (Å²) in [7, 11) is 0. The zero-order valence-electron chi connectivity index (χ0n) is 32.3. The Labute approximate surface area is 342 Å². The maximum Gasteiger partial charge on any atom is 0.0978 e. The smallest absolute Gasteiger partial charge is 0.0978 e. The van der Waals surface area contributed by atoms with E-state index in [-0.39, 0.29) is 0 Å². The molecule has 4 heterocycles. The highest BCUT2D eigenvalue weighted by molar-refractivity contribution is 6.15. The number of hydrogen-bond donors (Lipinski definition) is 0. The van der Waals surface area contributed by atoms with Crippen LogP contribution >= 0.6 is 0 Å². The molecule has 0 unspecified atom stereocenters. The largest absolute Gasteiger partial charge is 0.254 e. The number of rotatable bonds is 6. The molecule has 0 aliphatic rings. The Balaban J connectivity index is 1.14. The minimum Gasteiger partial charge on any atom is -0.254 e. The van der Waals surface area contributed by atoms with E-state index in [1.54, 1.807) is 0 Å². The topological polar surface area (TPSA) is 51.6 Å². The summed E-state index contributed by atoms with van der Waals surface area (Å²) in [6.07, 6.45) is 5.84. The van der Waals surface area contributed by atoms with Gasteiger partial charge in [0.1, 0.15) is 0 Å². The van der Waals surface area contributed by atoms with Gasteiger partial charge in [-0.25, -0.2) is 4.98 Å². The standard InChI is InChI=1S/C55H36N4/c1-35-30-40(49-34-58-54-47(51(49)39-20-12-5-13-21-39)25-24-44-42(26-28-56-52(44)54)36-14-6-2-7-15-36)32-41(31-35)50-33-48(38-18-10-4-11-19-38)46-23-22-45-43(37-16-8-3-9-17-37)27-29-57-53(45)55(46)59-50/h2-34H,1H3. The first kappa shape index (κ1) is 34.4. The highest BCUT2D eigenvalue weighted by Gasteiger charge is 2.19. The van der Waals surface area contributed by atoms with Crippen molar-refractivity contribution in [3.05, 3.63) is 206 Å². The Morgan fingerprint density at radius 1 is 0.322 bits per heavy atom. The lowest BCUT2D eigenvalue weighted by Gasteiger charge is -2.17. The number of aromatic nitrogens is 4. The van der Waals surface area contributed by atoms with Crippen molar-refractivity contribution in [2.45, 2.75) is 6.92 Å². The SMILES string of the molecule is Cc1cc(-c2cc(-c3ccccc3)c3ccc4c(-c5ccccc5)ccnc4c3n2)cc(-c2cnc3c(ccc4c(-c5ccccc5)ccnc43)c2-c2ccccc2)c1. The molecule has 0 fully saturated rings. The van der Waals surface area contributed by atoms with Crippen LogP contribution in [0.4, 0.5) is 0 Å². The van der Waals surface area contributed by atoms with Crippen molar-refractivity contribution in [1.82, 2.24) is 19.9 Å². The van der Waals surface area contributed by atoms with Crippen LogP contribution in [0.1, 0.15) is 5.56 Å². The van der Waals surface area contributed by atoms with Gasteiger partial charge in [0.25, 0.3) is 0 Å². The first-order valence-corrected chi connectivity index (χ1v) is 19.9. The molecule has 0 spiro atoms. The molecule has 0 saturated carbocycles. The lowest BCUT2D eigenvalue weighted by atomic mass is 9.89. The molecule has 0 aliphatic heterocycles. The second-order valence-electron chi connectivity index (χ2n) is 15.1. The third kappa shape index (κ3) is 6.01. The van der Waals surface area contributed by atoms with E-state index in [9.17, 15) is 0 Å². The van der Waals surface area contributed by atoms with Crippen molar-refractivity contribution < 1.29 is 0 Å². The van der Waals surface area contributed by atoms with Gasteiger partial charge in [-0.2, -0.15) is 0 Å². The van der Waals surface area contributed by atoms with Gasteiger partial charge in [-0.3, -0.25) is 15.0 Å². The Bertz CT molecular complexity index is 3370. The van der Waals surface area contributed by atoms with Crippen LogP contribution in [0.3, 0.4) is 0 Å². The molecule has 4 aromatic heterocycles. The van der Waals surface area contributed by atoms with Crippen LogP contribution in [0, 0.1) is 6.92 Å². The molecular weight excluding hydrogens is 717 g/mol. The lowest BCUT2D eigenvalue weighted by Crippen LogP contribution is -1.96. The van der Waals surface area contributed by atoms with Gasteiger partial charge in [0, 0.05) is 56.8 Å². The number of fused-ring (bicyclic) bond motifs is 6. The molecule has 0 N–H and O–H groups in total. The number of hydrogen-bond acceptors (Lipinski definition) is 4. The average molecular weight is 753 g/mol. The third-order valence-electron chi connectivity index (χ3n) is 11.4. The highest BCUT2D eigenvalue weighted by atomic mass is 14.8. The van der Waals surface area contributed by atoms with E-state index >= 15 is 0 Å². The predicted molar refractivity (Wildman–Crippen MR) is 245 cm³/mol. The minimum absolute atomic E-state index is 0.881. The second-order valence-corrected chi connectivity index (χ2v) is 15.1. The van der Waals surface area contributed by atoms with Crippen LogP contribution in [-0.2, 0) is 0 Å². The number of benzene rings is 7. The van der Waals surface area contributed by atoms with Gasteiger partial charge in [0.2, 0.25) is 0 Å². The summed E-state index contributed by atoms with van der Waals surface area (Å²) in [5.74, 6) is 0. The lowest BCUT2D eigenvalue weighted by molar-refractivity contribution is 1.35. The van der Waals surface area contributed by atoms with Gasteiger partial charge in [0.05, 0.1) is 27.8 Å². The van der Waals surface area contributed by atoms with Crippen LogP contribution in [-0.4, -0.2) is 19.9 Å². The van der Waals surface area contributed by atoms with Gasteiger partial charge < -0.3 is 0 Å². The Morgan fingerprint density at radius 2 is 0.780 bits per heavy atom. The Hall–Kier alpha value is -7.82. The molecule has 7 aromatic carbocycles. The molecular formula is C55H36N4. The predicted octanol–water partition coefficient (Wildman–Crippen LogP) is 14.2. The molecule has 0 amide bonds. The monoisotopic (exact) mass is 752 g/mol. The van der Waals surface area contributed by atoms with Gasteiger partial charge >= 0.3 is 0 Å². The third-order valence-corrected chi connectivity index (χ3v) is 11.4. The molecule has 0 radical (unpaired) electrons. The maximum absolute atomic E-state index is 5.48. The van der Waals surface area contributed by atoms with E-state index in [0.717, 1.165) is 116 Å². The van der Waals surface area contributed by atoms with E-state index < -0.39 is 0 Å². The molecule has 0 saturated heterocycles. The number of pyridine rings is 4. The average Bonchev–Trinajstić information content (AvgIpc) is 3.31. The number of nitrogens with zero attached hydrogens (tertiary/aromatic N) is 4. The van der Waals surface area contributed by atoms with Crippen LogP contribution in [0.5, 0.6) is 0 Å². The normalized spacial score (nSPS) is 11.5. The van der Waals surface area contributed by atoms with E-state index in [1.807, 2.05) is 24.7 Å². The summed E-state index contributed by atoms with van der Waals surface area (Å²) < 4.78 is 0. The summed E-state index contributed by atoms with van der Waals surface area (Å²) in [4.78, 5) is 20.6. The summed E-state index contributed by atoms with van der Waals surface area (Å²) in [5, 5.41) is 4.29. The summed E-state index contributed by atoms with van der Waals surface area (Å²) in [5.41, 5.74) is 17.8. The summed E-state index contributed by atoms with van der Waals surface area (Å²) in [6.45, 7) is 2.16. The van der Waals surface area contributed by atoms with Crippen molar-refractivity contribution in [2.75, 3.05) is 0 Å². The summed E-state index contributed by atoms with van der Waals surface area (Å²) >= 11 is 0. The molecule has 0 aliphatic carbocycles. The fourth-order valence-corrected chi connectivity index (χ4v) is 8.74. The van der Waals surface area contributed by atoms with E-state index in [0.29, 0.717) is 0 Å². The van der Waals surface area contributed by atoms with E-state index in [1.165, 1.54) is 0 Å². The molecule has 0 atom stereocenters. The van der Waals surface area contributed by atoms with Crippen LogP contribution < -0.4 is 0 Å². The first-order valence-electron chi connectivity index (χ1n) is 19.9. The minimum atomic E-state index is 0.881. The molecule has 4 heteroatoms. The van der Waals surface area contributed by atoms with Crippen molar-refractivity contribution in [3.63, 3.8) is 0 Å². The maximum atomic E-state index is 5.48. The highest BCUT2D eigenvalue weighted by Crippen LogP contribution is 2.43. The first-order chi connectivity index (χ1) is 29.2. The van der Waals surface area contributed by atoms with E-state index in [2.05, 4.69) is 183 Å². The van der Waals surface area contributed by atoms with Crippen molar-refractivity contribution in [3.8, 4) is 66.9 Å². The Morgan fingerprint density at radius 3 is 1.36 bits per heavy atom. The fraction of sp³-hybridized carbons (Fsp3) is 0.0182. The van der Waals surface area contributed by atoms with Crippen LogP contribution in [0.2, 0.25) is 0 Å². The molecule has 0 bridgehead atoms. The zero-order chi connectivity index (χ0) is 39.3. The zero-order valence-corrected chi connectivity index (χ0v) is 32.3. The van der Waals surface area contributed by atoms with Gasteiger partial charge in [-0.05, 0) is 87.3 Å². The molecule has 276 valence electrons. The molecule has 4 nitrogen and oxygen atoms in total.